The van der Waals surface area contributed by atoms with E-state index in [9.17, 15) is 14.9 Å². The second-order valence-corrected chi connectivity index (χ2v) is 6.62. The summed E-state index contributed by atoms with van der Waals surface area (Å²) >= 11 is 0. The van der Waals surface area contributed by atoms with Gasteiger partial charge in [0.15, 0.2) is 0 Å². The molecule has 0 aromatic heterocycles. The molecule has 7 heteroatoms. The van der Waals surface area contributed by atoms with Gasteiger partial charge in [-0.1, -0.05) is 24.3 Å². The predicted molar refractivity (Wildman–Crippen MR) is 103 cm³/mol. The fraction of sp³-hybridized carbons (Fsp3) is 0.350. The Morgan fingerprint density at radius 2 is 1.96 bits per heavy atom. The number of hydrogen-bond donors (Lipinski definition) is 0. The maximum absolute atomic E-state index is 12.5. The first-order chi connectivity index (χ1) is 13.0. The molecule has 2 aromatic rings. The number of rotatable bonds is 6. The molecule has 7 nitrogen and oxygen atoms in total. The van der Waals surface area contributed by atoms with Crippen molar-refractivity contribution >= 4 is 17.3 Å². The van der Waals surface area contributed by atoms with Crippen LogP contribution in [-0.2, 0) is 11.2 Å². The van der Waals surface area contributed by atoms with Crippen molar-refractivity contribution in [3.63, 3.8) is 0 Å². The SMILES string of the molecule is CCN1C[C@H](CN(C)C(=O)Cc2ccc([N+](=O)[O-])cc2)Oc2ccccc21. The van der Waals surface area contributed by atoms with Crippen molar-refractivity contribution in [2.24, 2.45) is 0 Å². The van der Waals surface area contributed by atoms with E-state index in [-0.39, 0.29) is 24.1 Å². The summed E-state index contributed by atoms with van der Waals surface area (Å²) in [5, 5.41) is 10.7. The Hall–Kier alpha value is -3.09. The van der Waals surface area contributed by atoms with E-state index in [0.717, 1.165) is 30.1 Å². The number of fused-ring (bicyclic) bond motifs is 1. The minimum Gasteiger partial charge on any atom is -0.485 e. The Labute approximate surface area is 158 Å². The average Bonchev–Trinajstić information content (AvgIpc) is 2.67. The summed E-state index contributed by atoms with van der Waals surface area (Å²) in [6.45, 7) is 4.18. The highest BCUT2D eigenvalue weighted by molar-refractivity contribution is 5.78. The smallest absolute Gasteiger partial charge is 0.269 e. The number of ether oxygens (including phenoxy) is 1. The summed E-state index contributed by atoms with van der Waals surface area (Å²) in [6.07, 6.45) is 0.0978. The van der Waals surface area contributed by atoms with Crippen molar-refractivity contribution in [1.29, 1.82) is 0 Å². The highest BCUT2D eigenvalue weighted by Crippen LogP contribution is 2.32. The van der Waals surface area contributed by atoms with Gasteiger partial charge in [-0.2, -0.15) is 0 Å². The van der Waals surface area contributed by atoms with Gasteiger partial charge in [-0.25, -0.2) is 0 Å². The number of benzene rings is 2. The van der Waals surface area contributed by atoms with Crippen molar-refractivity contribution in [3.8, 4) is 5.75 Å². The first kappa shape index (κ1) is 18.7. The van der Waals surface area contributed by atoms with Crippen LogP contribution in [0.4, 0.5) is 11.4 Å². The number of nitrogens with zero attached hydrogens (tertiary/aromatic N) is 3. The molecule has 1 atom stereocenters. The lowest BCUT2D eigenvalue weighted by atomic mass is 10.1. The van der Waals surface area contributed by atoms with Gasteiger partial charge in [0.25, 0.3) is 5.69 Å². The highest BCUT2D eigenvalue weighted by atomic mass is 16.6. The second-order valence-electron chi connectivity index (χ2n) is 6.62. The van der Waals surface area contributed by atoms with Gasteiger partial charge < -0.3 is 14.5 Å². The van der Waals surface area contributed by atoms with Crippen LogP contribution in [0.5, 0.6) is 5.75 Å². The van der Waals surface area contributed by atoms with E-state index in [1.807, 2.05) is 24.3 Å². The van der Waals surface area contributed by atoms with Gasteiger partial charge in [-0.3, -0.25) is 14.9 Å². The molecule has 0 N–H and O–H groups in total. The first-order valence-electron chi connectivity index (χ1n) is 8.96. The van der Waals surface area contributed by atoms with Crippen LogP contribution < -0.4 is 9.64 Å². The van der Waals surface area contributed by atoms with Crippen LogP contribution in [0.25, 0.3) is 0 Å². The molecule has 0 aliphatic carbocycles. The van der Waals surface area contributed by atoms with E-state index in [0.29, 0.717) is 6.54 Å². The molecule has 2 aromatic carbocycles. The number of nitro groups is 1. The van der Waals surface area contributed by atoms with Crippen molar-refractivity contribution in [1.82, 2.24) is 4.90 Å². The topological polar surface area (TPSA) is 75.9 Å². The molecular weight excluding hydrogens is 346 g/mol. The Bertz CT molecular complexity index is 822. The lowest BCUT2D eigenvalue weighted by Gasteiger charge is -2.37. The van der Waals surface area contributed by atoms with Crippen molar-refractivity contribution < 1.29 is 14.5 Å². The first-order valence-corrected chi connectivity index (χ1v) is 8.96. The summed E-state index contributed by atoms with van der Waals surface area (Å²) in [5.41, 5.74) is 1.85. The molecular formula is C20H23N3O4. The molecule has 1 aliphatic heterocycles. The van der Waals surface area contributed by atoms with E-state index >= 15 is 0 Å². The normalized spacial score (nSPS) is 15.6. The van der Waals surface area contributed by atoms with Crippen LogP contribution in [0.1, 0.15) is 12.5 Å². The standard InChI is InChI=1S/C20H23N3O4/c1-3-22-14-17(27-19-7-5-4-6-18(19)22)13-21(2)20(24)12-15-8-10-16(11-9-15)23(25)26/h4-11,17H,3,12-14H2,1-2H3/t17-/m0/s1. The summed E-state index contributed by atoms with van der Waals surface area (Å²) in [5.74, 6) is 0.793. The van der Waals surface area contributed by atoms with E-state index in [2.05, 4.69) is 11.8 Å². The number of likely N-dealkylation sites (N-methyl/N-ethyl adjacent to an activating group) is 2. The summed E-state index contributed by atoms with van der Waals surface area (Å²) in [4.78, 5) is 26.7. The monoisotopic (exact) mass is 369 g/mol. The maximum Gasteiger partial charge on any atom is 0.269 e. The maximum atomic E-state index is 12.5. The Kier molecular flexibility index (Phi) is 5.59. The van der Waals surface area contributed by atoms with Crippen LogP contribution in [-0.4, -0.2) is 48.5 Å². The van der Waals surface area contributed by atoms with E-state index < -0.39 is 4.92 Å². The van der Waals surface area contributed by atoms with Gasteiger partial charge in [0.2, 0.25) is 5.91 Å². The highest BCUT2D eigenvalue weighted by Gasteiger charge is 2.26. The zero-order chi connectivity index (χ0) is 19.4. The van der Waals surface area contributed by atoms with Gasteiger partial charge in [0.1, 0.15) is 11.9 Å². The van der Waals surface area contributed by atoms with Crippen molar-refractivity contribution in [2.75, 3.05) is 31.6 Å². The quantitative estimate of drug-likeness (QED) is 0.578. The van der Waals surface area contributed by atoms with Crippen LogP contribution in [0.15, 0.2) is 48.5 Å². The number of carbonyl (C=O) groups excluding carboxylic acids is 1. The van der Waals surface area contributed by atoms with E-state index in [4.69, 9.17) is 4.74 Å². The molecule has 0 bridgehead atoms. The number of para-hydroxylation sites is 2. The molecule has 1 amide bonds. The zero-order valence-electron chi connectivity index (χ0n) is 15.5. The number of anilines is 1. The molecule has 0 radical (unpaired) electrons. The average molecular weight is 369 g/mol. The van der Waals surface area contributed by atoms with Crippen LogP contribution in [0, 0.1) is 10.1 Å². The minimum atomic E-state index is -0.449. The molecule has 27 heavy (non-hydrogen) atoms. The third kappa shape index (κ3) is 4.36. The Morgan fingerprint density at radius 1 is 1.26 bits per heavy atom. The second kappa shape index (κ2) is 8.07. The zero-order valence-corrected chi connectivity index (χ0v) is 15.5. The number of nitro benzene ring substituents is 1. The van der Waals surface area contributed by atoms with Gasteiger partial charge >= 0.3 is 0 Å². The summed E-state index contributed by atoms with van der Waals surface area (Å²) in [7, 11) is 1.76. The van der Waals surface area contributed by atoms with E-state index in [1.54, 1.807) is 24.1 Å². The lowest BCUT2D eigenvalue weighted by Crippen LogP contribution is -2.47. The molecule has 0 fully saturated rings. The number of hydrogen-bond acceptors (Lipinski definition) is 5. The Balaban J connectivity index is 1.60. The lowest BCUT2D eigenvalue weighted by molar-refractivity contribution is -0.384. The molecule has 0 saturated carbocycles. The summed E-state index contributed by atoms with van der Waals surface area (Å²) in [6, 6.07) is 14.0. The molecule has 0 spiro atoms. The van der Waals surface area contributed by atoms with Gasteiger partial charge in [0, 0.05) is 25.7 Å². The minimum absolute atomic E-state index is 0.0217. The summed E-state index contributed by atoms with van der Waals surface area (Å²) < 4.78 is 6.07. The van der Waals surface area contributed by atoms with Crippen molar-refractivity contribution in [3.05, 3.63) is 64.2 Å². The molecule has 1 heterocycles. The largest absolute Gasteiger partial charge is 0.485 e. The van der Waals surface area contributed by atoms with Gasteiger partial charge in [-0.05, 0) is 24.6 Å². The number of non-ortho nitro benzene ring substituents is 1. The number of carbonyl (C=O) groups is 1. The third-order valence-electron chi connectivity index (χ3n) is 4.71. The van der Waals surface area contributed by atoms with Crippen molar-refractivity contribution in [2.45, 2.75) is 19.4 Å². The van der Waals surface area contributed by atoms with Crippen LogP contribution in [0.3, 0.4) is 0 Å². The molecule has 3 rings (SSSR count). The third-order valence-corrected chi connectivity index (χ3v) is 4.71. The van der Waals surface area contributed by atoms with E-state index in [1.165, 1.54) is 12.1 Å². The fourth-order valence-electron chi connectivity index (χ4n) is 3.23. The van der Waals surface area contributed by atoms with Crippen LogP contribution >= 0.6 is 0 Å². The van der Waals surface area contributed by atoms with Gasteiger partial charge in [0.05, 0.1) is 30.1 Å². The predicted octanol–water partition coefficient (Wildman–Crippen LogP) is 2.88. The molecule has 142 valence electrons. The number of amides is 1. The molecule has 0 saturated heterocycles. The molecule has 1 aliphatic rings. The van der Waals surface area contributed by atoms with Crippen LogP contribution in [0.2, 0.25) is 0 Å². The Morgan fingerprint density at radius 3 is 2.63 bits per heavy atom. The van der Waals surface area contributed by atoms with Gasteiger partial charge in [-0.15, -0.1) is 0 Å². The fourth-order valence-corrected chi connectivity index (χ4v) is 3.23. The molecule has 0 unspecified atom stereocenters.